The van der Waals surface area contributed by atoms with Gasteiger partial charge >= 0.3 is 5.97 Å². The molecule has 1 aromatic carbocycles. The predicted octanol–water partition coefficient (Wildman–Crippen LogP) is 4.68. The van der Waals surface area contributed by atoms with Crippen LogP contribution in [0.2, 0.25) is 0 Å². The number of hydrogen-bond donors (Lipinski definition) is 3. The highest BCUT2D eigenvalue weighted by Gasteiger charge is 2.25. The van der Waals surface area contributed by atoms with E-state index < -0.39 is 5.97 Å². The van der Waals surface area contributed by atoms with Crippen molar-refractivity contribution in [1.29, 1.82) is 0 Å². The molecule has 0 radical (unpaired) electrons. The van der Waals surface area contributed by atoms with Crippen LogP contribution in [0.5, 0.6) is 0 Å². The van der Waals surface area contributed by atoms with E-state index in [1.807, 2.05) is 7.05 Å². The van der Waals surface area contributed by atoms with Crippen molar-refractivity contribution in [3.8, 4) is 11.3 Å². The Morgan fingerprint density at radius 3 is 2.62 bits per heavy atom. The number of nitrogens with one attached hydrogen (secondary N) is 2. The zero-order chi connectivity index (χ0) is 20.2. The number of carbonyl (C=O) groups is 1. The molecule has 1 saturated carbocycles. The number of aromatic nitrogens is 1. The summed E-state index contributed by atoms with van der Waals surface area (Å²) in [6, 6.07) is 4.65. The van der Waals surface area contributed by atoms with E-state index in [1.54, 1.807) is 11.3 Å². The summed E-state index contributed by atoms with van der Waals surface area (Å²) in [6.07, 6.45) is 7.79. The Hall–Kier alpha value is -1.92. The molecule has 0 atom stereocenters. The maximum Gasteiger partial charge on any atom is 0.303 e. The van der Waals surface area contributed by atoms with Crippen LogP contribution in [0.3, 0.4) is 0 Å². The molecule has 2 heterocycles. The summed E-state index contributed by atoms with van der Waals surface area (Å²) < 4.78 is 0. The third-order valence-corrected chi connectivity index (χ3v) is 7.52. The number of aliphatic carboxylic acids is 1. The molecule has 29 heavy (non-hydrogen) atoms. The number of anilines is 1. The SMILES string of the molecule is CNc1cc2c(cc1-c1csc(C3CCC(CCC(=O)O)CC3)n1)CCNCC2. The van der Waals surface area contributed by atoms with Crippen molar-refractivity contribution in [1.82, 2.24) is 10.3 Å². The van der Waals surface area contributed by atoms with E-state index in [-0.39, 0.29) is 0 Å². The molecule has 1 aromatic heterocycles. The molecule has 5 nitrogen and oxygen atoms in total. The molecular weight excluding hydrogens is 382 g/mol. The second kappa shape index (κ2) is 9.26. The lowest BCUT2D eigenvalue weighted by Gasteiger charge is -2.26. The summed E-state index contributed by atoms with van der Waals surface area (Å²) >= 11 is 1.79. The molecule has 1 aliphatic carbocycles. The van der Waals surface area contributed by atoms with Crippen LogP contribution in [0.25, 0.3) is 11.3 Å². The zero-order valence-corrected chi connectivity index (χ0v) is 18.0. The molecule has 2 aromatic rings. The van der Waals surface area contributed by atoms with E-state index in [4.69, 9.17) is 10.1 Å². The van der Waals surface area contributed by atoms with Crippen molar-refractivity contribution in [2.45, 2.75) is 57.3 Å². The number of carboxylic acid groups (broad SMARTS) is 1. The fourth-order valence-electron chi connectivity index (χ4n) is 4.77. The van der Waals surface area contributed by atoms with E-state index in [0.717, 1.165) is 63.7 Å². The van der Waals surface area contributed by atoms with Gasteiger partial charge in [0.15, 0.2) is 0 Å². The highest BCUT2D eigenvalue weighted by atomic mass is 32.1. The molecule has 156 valence electrons. The molecule has 4 rings (SSSR count). The molecule has 0 unspecified atom stereocenters. The molecular formula is C23H31N3O2S. The largest absolute Gasteiger partial charge is 0.481 e. The Morgan fingerprint density at radius 2 is 1.93 bits per heavy atom. The molecule has 6 heteroatoms. The van der Waals surface area contributed by atoms with Gasteiger partial charge in [0.05, 0.1) is 10.7 Å². The molecule has 1 fully saturated rings. The maximum atomic E-state index is 10.8. The fraction of sp³-hybridized carbons (Fsp3) is 0.565. The lowest BCUT2D eigenvalue weighted by molar-refractivity contribution is -0.137. The fourth-order valence-corrected chi connectivity index (χ4v) is 5.76. The smallest absolute Gasteiger partial charge is 0.303 e. The first-order valence-corrected chi connectivity index (χ1v) is 11.7. The molecule has 0 amide bonds. The number of rotatable bonds is 6. The van der Waals surface area contributed by atoms with Crippen LogP contribution in [-0.4, -0.2) is 36.2 Å². The average molecular weight is 414 g/mol. The van der Waals surface area contributed by atoms with Gasteiger partial charge in [-0.25, -0.2) is 4.98 Å². The molecule has 3 N–H and O–H groups in total. The normalized spacial score (nSPS) is 22.0. The summed E-state index contributed by atoms with van der Waals surface area (Å²) in [6.45, 7) is 2.09. The Kier molecular flexibility index (Phi) is 6.50. The van der Waals surface area contributed by atoms with Crippen molar-refractivity contribution in [3.05, 3.63) is 33.6 Å². The van der Waals surface area contributed by atoms with Gasteiger partial charge < -0.3 is 15.7 Å². The van der Waals surface area contributed by atoms with Crippen molar-refractivity contribution >= 4 is 23.0 Å². The number of nitrogens with zero attached hydrogens (tertiary/aromatic N) is 1. The van der Waals surface area contributed by atoms with Gasteiger partial charge in [0.25, 0.3) is 0 Å². The molecule has 1 aliphatic heterocycles. The van der Waals surface area contributed by atoms with Gasteiger partial charge in [-0.2, -0.15) is 0 Å². The second-order valence-corrected chi connectivity index (χ2v) is 9.28. The van der Waals surface area contributed by atoms with Gasteiger partial charge in [-0.3, -0.25) is 4.79 Å². The van der Waals surface area contributed by atoms with Crippen LogP contribution in [0.4, 0.5) is 5.69 Å². The van der Waals surface area contributed by atoms with Gasteiger partial charge in [-0.15, -0.1) is 11.3 Å². The summed E-state index contributed by atoms with van der Waals surface area (Å²) in [5.74, 6) is 0.419. The third-order valence-electron chi connectivity index (χ3n) is 6.51. The number of fused-ring (bicyclic) bond motifs is 1. The van der Waals surface area contributed by atoms with Crippen LogP contribution in [0, 0.1) is 5.92 Å². The van der Waals surface area contributed by atoms with Crippen LogP contribution in [0.15, 0.2) is 17.5 Å². The summed E-state index contributed by atoms with van der Waals surface area (Å²) in [5, 5.41) is 19.2. The van der Waals surface area contributed by atoms with Crippen molar-refractivity contribution in [2.75, 3.05) is 25.5 Å². The van der Waals surface area contributed by atoms with Gasteiger partial charge in [0.2, 0.25) is 0 Å². The molecule has 2 aliphatic rings. The highest BCUT2D eigenvalue weighted by molar-refractivity contribution is 7.10. The quantitative estimate of drug-likeness (QED) is 0.641. The van der Waals surface area contributed by atoms with Crippen molar-refractivity contribution in [2.24, 2.45) is 5.92 Å². The summed E-state index contributed by atoms with van der Waals surface area (Å²) in [7, 11) is 1.99. The number of hydrogen-bond acceptors (Lipinski definition) is 5. The van der Waals surface area contributed by atoms with E-state index in [9.17, 15) is 4.79 Å². The first-order valence-electron chi connectivity index (χ1n) is 10.9. The first-order chi connectivity index (χ1) is 14.1. The van der Waals surface area contributed by atoms with Gasteiger partial charge in [0.1, 0.15) is 0 Å². The molecule has 0 bridgehead atoms. The molecule has 0 saturated heterocycles. The lowest BCUT2D eigenvalue weighted by Crippen LogP contribution is -2.16. The Morgan fingerprint density at radius 1 is 1.21 bits per heavy atom. The number of benzene rings is 1. The Bertz CT molecular complexity index is 856. The Balaban J connectivity index is 1.48. The average Bonchev–Trinajstić information content (AvgIpc) is 3.11. The minimum Gasteiger partial charge on any atom is -0.481 e. The van der Waals surface area contributed by atoms with Crippen LogP contribution in [0.1, 0.15) is 60.6 Å². The third kappa shape index (κ3) is 4.81. The number of thiazole rings is 1. The van der Waals surface area contributed by atoms with E-state index in [2.05, 4.69) is 28.1 Å². The minimum atomic E-state index is -0.673. The maximum absolute atomic E-state index is 10.8. The molecule has 0 spiro atoms. The van der Waals surface area contributed by atoms with E-state index >= 15 is 0 Å². The standard InChI is InChI=1S/C23H31N3O2S/c1-24-20-13-18-9-11-25-10-8-17(18)12-19(20)21-14-29-23(26-21)16-5-2-15(3-6-16)4-7-22(27)28/h12-16,24-25H,2-11H2,1H3,(H,27,28). The second-order valence-electron chi connectivity index (χ2n) is 8.39. The minimum absolute atomic E-state index is 0.303. The first kappa shape index (κ1) is 20.4. The van der Waals surface area contributed by atoms with E-state index in [0.29, 0.717) is 18.3 Å². The van der Waals surface area contributed by atoms with Crippen molar-refractivity contribution < 1.29 is 9.90 Å². The van der Waals surface area contributed by atoms with Crippen LogP contribution < -0.4 is 10.6 Å². The van der Waals surface area contributed by atoms with Gasteiger partial charge in [-0.05, 0) is 87.2 Å². The summed E-state index contributed by atoms with van der Waals surface area (Å²) in [4.78, 5) is 15.9. The monoisotopic (exact) mass is 413 g/mol. The van der Waals surface area contributed by atoms with Gasteiger partial charge in [0, 0.05) is 36.0 Å². The van der Waals surface area contributed by atoms with Crippen LogP contribution >= 0.6 is 11.3 Å². The van der Waals surface area contributed by atoms with Crippen LogP contribution in [-0.2, 0) is 17.6 Å². The summed E-state index contributed by atoms with van der Waals surface area (Å²) in [5.41, 5.74) is 6.35. The number of carboxylic acids is 1. The highest BCUT2D eigenvalue weighted by Crippen LogP contribution is 2.40. The van der Waals surface area contributed by atoms with E-state index in [1.165, 1.54) is 27.4 Å². The Labute approximate surface area is 177 Å². The van der Waals surface area contributed by atoms with Gasteiger partial charge in [-0.1, -0.05) is 0 Å². The lowest BCUT2D eigenvalue weighted by atomic mass is 9.80. The topological polar surface area (TPSA) is 74.2 Å². The van der Waals surface area contributed by atoms with Crippen molar-refractivity contribution in [3.63, 3.8) is 0 Å². The zero-order valence-electron chi connectivity index (χ0n) is 17.2. The predicted molar refractivity (Wildman–Crippen MR) is 119 cm³/mol.